The topological polar surface area (TPSA) is 56.8 Å². The predicted molar refractivity (Wildman–Crippen MR) is 68.4 cm³/mol. The van der Waals surface area contributed by atoms with Gasteiger partial charge in [0.25, 0.3) is 0 Å². The number of nitrogens with one attached hydrogen (secondary N) is 1. The molecule has 1 aliphatic rings. The first-order chi connectivity index (χ1) is 8.54. The second-order valence-electron chi connectivity index (χ2n) is 4.95. The van der Waals surface area contributed by atoms with Gasteiger partial charge in [-0.1, -0.05) is 13.8 Å². The van der Waals surface area contributed by atoms with Crippen molar-refractivity contribution in [3.8, 4) is 0 Å². The Morgan fingerprint density at radius 3 is 2.50 bits per heavy atom. The molecule has 1 fully saturated rings. The van der Waals surface area contributed by atoms with Gasteiger partial charge >= 0.3 is 5.97 Å². The van der Waals surface area contributed by atoms with Crippen molar-refractivity contribution in [2.24, 2.45) is 5.92 Å². The average molecular weight is 259 g/mol. The molecule has 0 aromatic rings. The maximum atomic E-state index is 11.7. The van der Waals surface area contributed by atoms with E-state index in [0.717, 1.165) is 6.42 Å². The minimum atomic E-state index is -0.291. The van der Waals surface area contributed by atoms with Crippen molar-refractivity contribution >= 4 is 5.97 Å². The van der Waals surface area contributed by atoms with Crippen LogP contribution in [0.4, 0.5) is 0 Å². The van der Waals surface area contributed by atoms with Crippen molar-refractivity contribution in [1.29, 1.82) is 0 Å². The molecule has 1 saturated carbocycles. The van der Waals surface area contributed by atoms with E-state index in [0.29, 0.717) is 6.61 Å². The summed E-state index contributed by atoms with van der Waals surface area (Å²) in [6, 6.07) is -0.140. The molecule has 0 aromatic heterocycles. The SMILES string of the molecule is CCOC1CC(NC(C(=O)OC)C(C)C)C1OC. The maximum absolute atomic E-state index is 11.7. The Bertz CT molecular complexity index is 270. The van der Waals surface area contributed by atoms with Crippen LogP contribution in [0, 0.1) is 5.92 Å². The van der Waals surface area contributed by atoms with E-state index < -0.39 is 0 Å². The summed E-state index contributed by atoms with van der Waals surface area (Å²) in [5.74, 6) is -0.0409. The van der Waals surface area contributed by atoms with Gasteiger partial charge in [0.2, 0.25) is 0 Å². The molecule has 0 bridgehead atoms. The molecule has 5 heteroatoms. The van der Waals surface area contributed by atoms with E-state index in [1.54, 1.807) is 7.11 Å². The van der Waals surface area contributed by atoms with Crippen molar-refractivity contribution in [3.63, 3.8) is 0 Å². The van der Waals surface area contributed by atoms with Crippen LogP contribution in [0.1, 0.15) is 27.2 Å². The largest absolute Gasteiger partial charge is 0.468 e. The number of hydrogen-bond acceptors (Lipinski definition) is 5. The minimum Gasteiger partial charge on any atom is -0.468 e. The summed E-state index contributed by atoms with van der Waals surface area (Å²) >= 11 is 0. The lowest BCUT2D eigenvalue weighted by Crippen LogP contribution is -2.63. The number of esters is 1. The molecule has 0 aromatic carbocycles. The average Bonchev–Trinajstić information content (AvgIpc) is 2.31. The lowest BCUT2D eigenvalue weighted by molar-refractivity contribution is -0.151. The van der Waals surface area contributed by atoms with Crippen LogP contribution in [0.25, 0.3) is 0 Å². The minimum absolute atomic E-state index is 0.0101. The van der Waals surface area contributed by atoms with Crippen molar-refractivity contribution in [1.82, 2.24) is 5.32 Å². The third-order valence-corrected chi connectivity index (χ3v) is 3.42. The Balaban J connectivity index is 2.53. The van der Waals surface area contributed by atoms with Crippen molar-refractivity contribution in [2.45, 2.75) is 51.5 Å². The number of hydrogen-bond donors (Lipinski definition) is 1. The Hall–Kier alpha value is -0.650. The molecule has 1 N–H and O–H groups in total. The highest BCUT2D eigenvalue weighted by Crippen LogP contribution is 2.28. The van der Waals surface area contributed by atoms with Gasteiger partial charge in [0, 0.05) is 19.8 Å². The number of carbonyl (C=O) groups excluding carboxylic acids is 1. The van der Waals surface area contributed by atoms with Crippen LogP contribution < -0.4 is 5.32 Å². The van der Waals surface area contributed by atoms with Crippen molar-refractivity contribution in [3.05, 3.63) is 0 Å². The molecule has 1 rings (SSSR count). The second kappa shape index (κ2) is 7.07. The number of methoxy groups -OCH3 is 2. The van der Waals surface area contributed by atoms with Gasteiger partial charge in [-0.2, -0.15) is 0 Å². The zero-order chi connectivity index (χ0) is 13.7. The van der Waals surface area contributed by atoms with E-state index in [4.69, 9.17) is 14.2 Å². The molecule has 5 nitrogen and oxygen atoms in total. The van der Waals surface area contributed by atoms with Crippen LogP contribution in [-0.2, 0) is 19.0 Å². The second-order valence-corrected chi connectivity index (χ2v) is 4.95. The Kier molecular flexibility index (Phi) is 6.05. The fraction of sp³-hybridized carbons (Fsp3) is 0.923. The molecule has 0 aliphatic heterocycles. The molecule has 106 valence electrons. The van der Waals surface area contributed by atoms with Crippen LogP contribution in [-0.4, -0.2) is 51.1 Å². The molecule has 1 aliphatic carbocycles. The fourth-order valence-electron chi connectivity index (χ4n) is 2.33. The molecule has 0 radical (unpaired) electrons. The van der Waals surface area contributed by atoms with Gasteiger partial charge in [0.15, 0.2) is 0 Å². The highest BCUT2D eigenvalue weighted by Gasteiger charge is 2.44. The predicted octanol–water partition coefficient (Wildman–Crippen LogP) is 0.966. The fourth-order valence-corrected chi connectivity index (χ4v) is 2.33. The van der Waals surface area contributed by atoms with Gasteiger partial charge in [-0.15, -0.1) is 0 Å². The van der Waals surface area contributed by atoms with Crippen LogP contribution in [0.5, 0.6) is 0 Å². The summed E-state index contributed by atoms with van der Waals surface area (Å²) in [7, 11) is 3.09. The molecule has 0 saturated heterocycles. The molecular weight excluding hydrogens is 234 g/mol. The summed E-state index contributed by atoms with van der Waals surface area (Å²) in [6.07, 6.45) is 1.01. The number of rotatable bonds is 7. The van der Waals surface area contributed by atoms with Crippen molar-refractivity contribution in [2.75, 3.05) is 20.8 Å². The zero-order valence-electron chi connectivity index (χ0n) is 11.9. The molecule has 0 spiro atoms. The Morgan fingerprint density at radius 2 is 2.06 bits per heavy atom. The molecular formula is C13H25NO4. The van der Waals surface area contributed by atoms with Gasteiger partial charge in [-0.25, -0.2) is 0 Å². The molecule has 0 heterocycles. The molecule has 4 unspecified atom stereocenters. The van der Waals surface area contributed by atoms with Crippen LogP contribution >= 0.6 is 0 Å². The van der Waals surface area contributed by atoms with Gasteiger partial charge in [0.1, 0.15) is 6.04 Å². The summed E-state index contributed by atoms with van der Waals surface area (Å²) in [5, 5.41) is 3.31. The maximum Gasteiger partial charge on any atom is 0.323 e. The standard InChI is InChI=1S/C13H25NO4/c1-6-18-10-7-9(12(10)16-4)14-11(8(2)3)13(15)17-5/h8-12,14H,6-7H2,1-5H3. The summed E-state index contributed by atoms with van der Waals surface area (Å²) < 4.78 is 15.8. The van der Waals surface area contributed by atoms with E-state index in [9.17, 15) is 4.79 Å². The van der Waals surface area contributed by atoms with Crippen LogP contribution in [0.3, 0.4) is 0 Å². The van der Waals surface area contributed by atoms with Crippen molar-refractivity contribution < 1.29 is 19.0 Å². The van der Waals surface area contributed by atoms with Crippen LogP contribution in [0.2, 0.25) is 0 Å². The Labute approximate surface area is 109 Å². The van der Waals surface area contributed by atoms with E-state index in [2.05, 4.69) is 5.32 Å². The summed E-state index contributed by atoms with van der Waals surface area (Å²) in [4.78, 5) is 11.7. The van der Waals surface area contributed by atoms with Gasteiger partial charge < -0.3 is 14.2 Å². The van der Waals surface area contributed by atoms with Gasteiger partial charge in [-0.05, 0) is 19.3 Å². The van der Waals surface area contributed by atoms with Crippen LogP contribution in [0.15, 0.2) is 0 Å². The highest BCUT2D eigenvalue weighted by molar-refractivity contribution is 5.76. The summed E-state index contributed by atoms with van der Waals surface area (Å²) in [6.45, 7) is 6.64. The zero-order valence-corrected chi connectivity index (χ0v) is 11.9. The first-order valence-corrected chi connectivity index (χ1v) is 6.53. The van der Waals surface area contributed by atoms with E-state index >= 15 is 0 Å². The number of carbonyl (C=O) groups is 1. The van der Waals surface area contributed by atoms with E-state index in [1.807, 2.05) is 20.8 Å². The molecule has 4 atom stereocenters. The number of ether oxygens (including phenoxy) is 3. The smallest absolute Gasteiger partial charge is 0.323 e. The Morgan fingerprint density at radius 1 is 1.39 bits per heavy atom. The monoisotopic (exact) mass is 259 g/mol. The third kappa shape index (κ3) is 3.43. The van der Waals surface area contributed by atoms with E-state index in [1.165, 1.54) is 7.11 Å². The molecule has 18 heavy (non-hydrogen) atoms. The lowest BCUT2D eigenvalue weighted by atomic mass is 9.84. The first kappa shape index (κ1) is 15.4. The quantitative estimate of drug-likeness (QED) is 0.690. The van der Waals surface area contributed by atoms with Gasteiger partial charge in [0.05, 0.1) is 19.3 Å². The van der Waals surface area contributed by atoms with Gasteiger partial charge in [-0.3, -0.25) is 10.1 Å². The highest BCUT2D eigenvalue weighted by atomic mass is 16.5. The summed E-state index contributed by atoms with van der Waals surface area (Å²) in [5.41, 5.74) is 0. The lowest BCUT2D eigenvalue weighted by Gasteiger charge is -2.45. The molecule has 0 amide bonds. The van der Waals surface area contributed by atoms with E-state index in [-0.39, 0.29) is 36.2 Å². The third-order valence-electron chi connectivity index (χ3n) is 3.42. The first-order valence-electron chi connectivity index (χ1n) is 6.53. The normalized spacial score (nSPS) is 28.9.